The number of nitrogens with zero attached hydrogens (tertiary/aromatic N) is 5. The molecule has 1 saturated heterocycles. The van der Waals surface area contributed by atoms with Gasteiger partial charge in [-0.05, 0) is 35.7 Å². The molecule has 1 aliphatic heterocycles. The van der Waals surface area contributed by atoms with E-state index in [1.54, 1.807) is 25.7 Å². The molecular formula is C26H32F2N8O2. The van der Waals surface area contributed by atoms with E-state index in [9.17, 15) is 8.78 Å². The topological polar surface area (TPSA) is 121 Å². The Balaban J connectivity index is 1.39. The molecule has 38 heavy (non-hydrogen) atoms. The molecule has 12 heteroatoms. The van der Waals surface area contributed by atoms with Gasteiger partial charge < -0.3 is 25.5 Å². The highest BCUT2D eigenvalue weighted by molar-refractivity contribution is 6.08. The standard InChI is InChI=1S/C26H32F2N8O2/c1-16(2)17-7-25(35-32-11-17)34-24-5-4-22-23(33-24)6-18(10-31-22)19(8-29)9-30-12-20(37-3)13-36-14-21(15-36)38-26(27)28/h4-11,16,20-21,26,29-30H,12-15H2,1-3H3,(H,33,34,35)/b19-9+,29-8?. The predicted octanol–water partition coefficient (Wildman–Crippen LogP) is 3.81. The normalized spacial score (nSPS) is 15.6. The maximum Gasteiger partial charge on any atom is 0.345 e. The average Bonchev–Trinajstić information content (AvgIpc) is 2.88. The van der Waals surface area contributed by atoms with Gasteiger partial charge in [0.1, 0.15) is 5.82 Å². The van der Waals surface area contributed by atoms with Crippen LogP contribution in [0.2, 0.25) is 0 Å². The quantitative estimate of drug-likeness (QED) is 0.286. The minimum absolute atomic E-state index is 0.159. The third-order valence-electron chi connectivity index (χ3n) is 6.24. The van der Waals surface area contributed by atoms with Crippen molar-refractivity contribution in [2.75, 3.05) is 38.6 Å². The van der Waals surface area contributed by atoms with Crippen molar-refractivity contribution in [3.63, 3.8) is 0 Å². The summed E-state index contributed by atoms with van der Waals surface area (Å²) in [5, 5.41) is 22.5. The average molecular weight is 527 g/mol. The van der Waals surface area contributed by atoms with Crippen LogP contribution in [0.5, 0.6) is 0 Å². The van der Waals surface area contributed by atoms with Crippen molar-refractivity contribution in [1.82, 2.24) is 30.4 Å². The molecule has 1 fully saturated rings. The zero-order valence-electron chi connectivity index (χ0n) is 21.6. The van der Waals surface area contributed by atoms with Crippen LogP contribution in [0.1, 0.15) is 30.9 Å². The Hall–Kier alpha value is -3.61. The van der Waals surface area contributed by atoms with Crippen molar-refractivity contribution < 1.29 is 18.3 Å². The van der Waals surface area contributed by atoms with Crippen LogP contribution in [-0.2, 0) is 9.47 Å². The van der Waals surface area contributed by atoms with Crippen molar-refractivity contribution >= 4 is 34.5 Å². The molecule has 0 aliphatic carbocycles. The van der Waals surface area contributed by atoms with Gasteiger partial charge in [0.15, 0.2) is 5.82 Å². The van der Waals surface area contributed by atoms with E-state index in [1.807, 2.05) is 29.2 Å². The van der Waals surface area contributed by atoms with Crippen LogP contribution in [0.25, 0.3) is 16.6 Å². The fourth-order valence-electron chi connectivity index (χ4n) is 4.05. The highest BCUT2D eigenvalue weighted by Crippen LogP contribution is 2.22. The minimum atomic E-state index is -2.74. The molecule has 3 aromatic heterocycles. The van der Waals surface area contributed by atoms with E-state index in [0.717, 1.165) is 16.6 Å². The van der Waals surface area contributed by atoms with E-state index < -0.39 is 12.7 Å². The number of likely N-dealkylation sites (tertiary alicyclic amines) is 1. The Kier molecular flexibility index (Phi) is 9.21. The first-order valence-corrected chi connectivity index (χ1v) is 12.3. The number of anilines is 2. The number of rotatable bonds is 13. The van der Waals surface area contributed by atoms with Gasteiger partial charge in [-0.2, -0.15) is 13.9 Å². The number of hydrogen-bond donors (Lipinski definition) is 3. The van der Waals surface area contributed by atoms with Crippen LogP contribution < -0.4 is 10.6 Å². The summed E-state index contributed by atoms with van der Waals surface area (Å²) in [6.45, 7) is 3.41. The van der Waals surface area contributed by atoms with Crippen LogP contribution >= 0.6 is 0 Å². The third-order valence-corrected chi connectivity index (χ3v) is 6.24. The second-order valence-electron chi connectivity index (χ2n) is 9.36. The molecule has 3 N–H and O–H groups in total. The maximum atomic E-state index is 12.3. The van der Waals surface area contributed by atoms with E-state index in [-0.39, 0.29) is 6.10 Å². The van der Waals surface area contributed by atoms with E-state index in [1.165, 1.54) is 6.21 Å². The van der Waals surface area contributed by atoms with Gasteiger partial charge >= 0.3 is 6.61 Å². The molecule has 1 atom stereocenters. The maximum absolute atomic E-state index is 12.3. The Labute approximate surface area is 220 Å². The summed E-state index contributed by atoms with van der Waals surface area (Å²) in [4.78, 5) is 11.2. The van der Waals surface area contributed by atoms with Gasteiger partial charge in [0.05, 0.1) is 29.4 Å². The predicted molar refractivity (Wildman–Crippen MR) is 142 cm³/mol. The monoisotopic (exact) mass is 526 g/mol. The molecule has 0 bridgehead atoms. The molecule has 0 spiro atoms. The zero-order valence-corrected chi connectivity index (χ0v) is 21.6. The molecule has 3 aromatic rings. The van der Waals surface area contributed by atoms with Gasteiger partial charge in [0.2, 0.25) is 0 Å². The molecule has 1 unspecified atom stereocenters. The van der Waals surface area contributed by atoms with E-state index >= 15 is 0 Å². The van der Waals surface area contributed by atoms with Crippen molar-refractivity contribution in [2.24, 2.45) is 0 Å². The van der Waals surface area contributed by atoms with Gasteiger partial charge in [-0.3, -0.25) is 9.88 Å². The fraction of sp³-hybridized carbons (Fsp3) is 0.423. The first-order valence-electron chi connectivity index (χ1n) is 12.3. The third kappa shape index (κ3) is 7.24. The van der Waals surface area contributed by atoms with Crippen LogP contribution in [-0.4, -0.2) is 83.4 Å². The minimum Gasteiger partial charge on any atom is -0.388 e. The number of alkyl halides is 2. The number of fused-ring (bicyclic) bond motifs is 1. The lowest BCUT2D eigenvalue weighted by atomic mass is 10.1. The first-order chi connectivity index (χ1) is 18.3. The number of halogens is 2. The molecule has 202 valence electrons. The van der Waals surface area contributed by atoms with Gasteiger partial charge in [0, 0.05) is 63.0 Å². The van der Waals surface area contributed by atoms with Crippen LogP contribution in [0.4, 0.5) is 20.4 Å². The Bertz CT molecular complexity index is 1270. The molecular weight excluding hydrogens is 494 g/mol. The number of pyridine rings is 2. The summed E-state index contributed by atoms with van der Waals surface area (Å²) >= 11 is 0. The smallest absolute Gasteiger partial charge is 0.345 e. The number of ether oxygens (including phenoxy) is 2. The lowest BCUT2D eigenvalue weighted by molar-refractivity contribution is -0.198. The second-order valence-corrected chi connectivity index (χ2v) is 9.36. The fourth-order valence-corrected chi connectivity index (χ4v) is 4.05. The van der Waals surface area contributed by atoms with Crippen molar-refractivity contribution in [3.05, 3.63) is 54.0 Å². The first kappa shape index (κ1) is 27.4. The van der Waals surface area contributed by atoms with E-state index in [4.69, 9.17) is 10.1 Å². The molecule has 0 aromatic carbocycles. The number of allylic oxidation sites excluding steroid dienone is 1. The summed E-state index contributed by atoms with van der Waals surface area (Å²) in [6, 6.07) is 7.53. The lowest BCUT2D eigenvalue weighted by Crippen LogP contribution is -2.55. The number of methoxy groups -OCH3 is 1. The Morgan fingerprint density at radius 3 is 2.71 bits per heavy atom. The highest BCUT2D eigenvalue weighted by Gasteiger charge is 2.31. The summed E-state index contributed by atoms with van der Waals surface area (Å²) in [5.41, 5.74) is 3.82. The van der Waals surface area contributed by atoms with Gasteiger partial charge in [0.25, 0.3) is 0 Å². The molecule has 1 aliphatic rings. The van der Waals surface area contributed by atoms with Crippen LogP contribution in [0.15, 0.2) is 42.9 Å². The van der Waals surface area contributed by atoms with Crippen LogP contribution in [0.3, 0.4) is 0 Å². The van der Waals surface area contributed by atoms with Crippen molar-refractivity contribution in [1.29, 1.82) is 5.41 Å². The van der Waals surface area contributed by atoms with Crippen molar-refractivity contribution in [2.45, 2.75) is 38.6 Å². The Morgan fingerprint density at radius 1 is 1.18 bits per heavy atom. The zero-order chi connectivity index (χ0) is 27.1. The Morgan fingerprint density at radius 2 is 2.00 bits per heavy atom. The summed E-state index contributed by atoms with van der Waals surface area (Å²) < 4.78 is 34.6. The largest absolute Gasteiger partial charge is 0.388 e. The lowest BCUT2D eigenvalue weighted by Gasteiger charge is -2.40. The van der Waals surface area contributed by atoms with Gasteiger partial charge in [-0.25, -0.2) is 4.98 Å². The van der Waals surface area contributed by atoms with Gasteiger partial charge in [-0.1, -0.05) is 13.8 Å². The summed E-state index contributed by atoms with van der Waals surface area (Å²) in [7, 11) is 1.61. The molecule has 4 heterocycles. The number of nitrogens with one attached hydrogen (secondary N) is 3. The van der Waals surface area contributed by atoms with Crippen LogP contribution in [0, 0.1) is 5.41 Å². The molecule has 0 amide bonds. The highest BCUT2D eigenvalue weighted by atomic mass is 19.3. The number of aromatic nitrogens is 4. The van der Waals surface area contributed by atoms with E-state index in [0.29, 0.717) is 54.8 Å². The molecule has 10 nitrogen and oxygen atoms in total. The van der Waals surface area contributed by atoms with E-state index in [2.05, 4.69) is 49.4 Å². The number of hydrogen-bond acceptors (Lipinski definition) is 10. The van der Waals surface area contributed by atoms with Gasteiger partial charge in [-0.15, -0.1) is 5.10 Å². The summed E-state index contributed by atoms with van der Waals surface area (Å²) in [6.07, 6.45) is 5.83. The van der Waals surface area contributed by atoms with Crippen molar-refractivity contribution in [3.8, 4) is 0 Å². The molecule has 4 rings (SSSR count). The summed E-state index contributed by atoms with van der Waals surface area (Å²) in [5.74, 6) is 1.55. The molecule has 0 saturated carbocycles. The molecule has 0 radical (unpaired) electrons. The SMILES string of the molecule is COC(CN/C=C(\C=N)c1cnc2ccc(Nc3cc(C(C)C)cnn3)nc2c1)CN1CC(OC(F)F)C1. The second kappa shape index (κ2) is 12.8.